The van der Waals surface area contributed by atoms with Crippen LogP contribution in [-0.2, 0) is 0 Å². The highest BCUT2D eigenvalue weighted by atomic mass is 32.1. The molecular weight excluding hydrogens is 322 g/mol. The molecule has 6 heteroatoms. The van der Waals surface area contributed by atoms with E-state index in [1.165, 1.54) is 10.4 Å². The third kappa shape index (κ3) is 2.89. The number of aryl methyl sites for hydroxylation is 2. The number of hydrogen-bond acceptors (Lipinski definition) is 6. The predicted octanol–water partition coefficient (Wildman–Crippen LogP) is 4.50. The normalized spacial score (nSPS) is 12.2. The molecule has 0 fully saturated rings. The summed E-state index contributed by atoms with van der Waals surface area (Å²) in [7, 11) is 3.34. The van der Waals surface area contributed by atoms with Gasteiger partial charge in [-0.1, -0.05) is 0 Å². The number of fused-ring (bicyclic) bond motifs is 1. The van der Waals surface area contributed by atoms with Crippen molar-refractivity contribution >= 4 is 27.4 Å². The number of ether oxygens (including phenoxy) is 2. The van der Waals surface area contributed by atoms with E-state index in [1.807, 2.05) is 18.2 Å². The van der Waals surface area contributed by atoms with Gasteiger partial charge in [0, 0.05) is 10.4 Å². The van der Waals surface area contributed by atoms with Crippen molar-refractivity contribution < 1.29 is 9.47 Å². The SMILES string of the molecule is COc1ccc(OC)c([C@@H](C)Nc2ncnc3sc(C)c(C)c23)c1. The van der Waals surface area contributed by atoms with Crippen molar-refractivity contribution in [1.29, 1.82) is 0 Å². The monoisotopic (exact) mass is 343 g/mol. The predicted molar refractivity (Wildman–Crippen MR) is 98.5 cm³/mol. The lowest BCUT2D eigenvalue weighted by atomic mass is 10.1. The smallest absolute Gasteiger partial charge is 0.138 e. The fourth-order valence-electron chi connectivity index (χ4n) is 2.75. The number of anilines is 1. The minimum absolute atomic E-state index is 0.00718. The van der Waals surface area contributed by atoms with E-state index in [-0.39, 0.29) is 6.04 Å². The van der Waals surface area contributed by atoms with Crippen molar-refractivity contribution in [3.05, 3.63) is 40.5 Å². The number of nitrogens with one attached hydrogen (secondary N) is 1. The molecule has 3 rings (SSSR count). The van der Waals surface area contributed by atoms with Gasteiger partial charge in [-0.15, -0.1) is 11.3 Å². The number of methoxy groups -OCH3 is 2. The average molecular weight is 343 g/mol. The highest BCUT2D eigenvalue weighted by Gasteiger charge is 2.17. The first kappa shape index (κ1) is 16.5. The third-order valence-corrected chi connectivity index (χ3v) is 5.34. The number of benzene rings is 1. The van der Waals surface area contributed by atoms with E-state index in [4.69, 9.17) is 9.47 Å². The first-order valence-corrected chi connectivity index (χ1v) is 8.56. The summed E-state index contributed by atoms with van der Waals surface area (Å²) in [5, 5.41) is 4.59. The number of aromatic nitrogens is 2. The van der Waals surface area contributed by atoms with Crippen molar-refractivity contribution in [3.63, 3.8) is 0 Å². The molecular formula is C18H21N3O2S. The summed E-state index contributed by atoms with van der Waals surface area (Å²) in [4.78, 5) is 11.1. The molecule has 0 radical (unpaired) electrons. The summed E-state index contributed by atoms with van der Waals surface area (Å²) >= 11 is 1.69. The molecule has 0 aliphatic carbocycles. The zero-order chi connectivity index (χ0) is 17.3. The van der Waals surface area contributed by atoms with Crippen LogP contribution in [0.4, 0.5) is 5.82 Å². The van der Waals surface area contributed by atoms with Gasteiger partial charge in [-0.3, -0.25) is 0 Å². The Morgan fingerprint density at radius 3 is 2.62 bits per heavy atom. The second-order valence-corrected chi connectivity index (χ2v) is 6.86. The van der Waals surface area contributed by atoms with Gasteiger partial charge < -0.3 is 14.8 Å². The molecule has 0 bridgehead atoms. The Morgan fingerprint density at radius 1 is 1.12 bits per heavy atom. The fraction of sp³-hybridized carbons (Fsp3) is 0.333. The van der Waals surface area contributed by atoms with Crippen LogP contribution in [0.5, 0.6) is 11.5 Å². The maximum absolute atomic E-state index is 5.49. The molecule has 126 valence electrons. The minimum Gasteiger partial charge on any atom is -0.497 e. The van der Waals surface area contributed by atoms with Crippen molar-refractivity contribution in [2.45, 2.75) is 26.8 Å². The van der Waals surface area contributed by atoms with E-state index < -0.39 is 0 Å². The van der Waals surface area contributed by atoms with Crippen molar-refractivity contribution in [3.8, 4) is 11.5 Å². The number of rotatable bonds is 5. The molecule has 2 aromatic heterocycles. The maximum atomic E-state index is 5.49. The van der Waals surface area contributed by atoms with Crippen LogP contribution in [0.1, 0.15) is 29.0 Å². The largest absolute Gasteiger partial charge is 0.497 e. The molecule has 0 saturated carbocycles. The van der Waals surface area contributed by atoms with Gasteiger partial charge in [-0.25, -0.2) is 9.97 Å². The molecule has 0 aliphatic rings. The van der Waals surface area contributed by atoms with Crippen LogP contribution in [-0.4, -0.2) is 24.2 Å². The summed E-state index contributed by atoms with van der Waals surface area (Å²) in [5.74, 6) is 2.47. The molecule has 0 saturated heterocycles. The zero-order valence-corrected chi connectivity index (χ0v) is 15.3. The summed E-state index contributed by atoms with van der Waals surface area (Å²) < 4.78 is 10.8. The lowest BCUT2D eigenvalue weighted by Crippen LogP contribution is -2.10. The van der Waals surface area contributed by atoms with E-state index >= 15 is 0 Å². The van der Waals surface area contributed by atoms with Crippen LogP contribution in [0.25, 0.3) is 10.2 Å². The Kier molecular flexibility index (Phi) is 4.57. The second kappa shape index (κ2) is 6.65. The van der Waals surface area contributed by atoms with Crippen molar-refractivity contribution in [2.75, 3.05) is 19.5 Å². The first-order chi connectivity index (χ1) is 11.5. The van der Waals surface area contributed by atoms with Crippen molar-refractivity contribution in [2.24, 2.45) is 0 Å². The average Bonchev–Trinajstić information content (AvgIpc) is 2.89. The van der Waals surface area contributed by atoms with E-state index in [1.54, 1.807) is 31.9 Å². The molecule has 1 aromatic carbocycles. The Labute approximate surface area is 145 Å². The van der Waals surface area contributed by atoms with Crippen LogP contribution in [0.3, 0.4) is 0 Å². The quantitative estimate of drug-likeness (QED) is 0.739. The second-order valence-electron chi connectivity index (χ2n) is 5.66. The van der Waals surface area contributed by atoms with E-state index in [9.17, 15) is 0 Å². The van der Waals surface area contributed by atoms with Gasteiger partial charge in [0.25, 0.3) is 0 Å². The van der Waals surface area contributed by atoms with E-state index in [0.717, 1.165) is 33.1 Å². The summed E-state index contributed by atoms with van der Waals surface area (Å²) in [6.45, 7) is 6.30. The van der Waals surface area contributed by atoms with E-state index in [0.29, 0.717) is 0 Å². The molecule has 0 aliphatic heterocycles. The van der Waals surface area contributed by atoms with Gasteiger partial charge in [-0.2, -0.15) is 0 Å². The molecule has 0 spiro atoms. The van der Waals surface area contributed by atoms with Crippen LogP contribution < -0.4 is 14.8 Å². The molecule has 0 unspecified atom stereocenters. The van der Waals surface area contributed by atoms with Gasteiger partial charge in [0.05, 0.1) is 25.6 Å². The number of nitrogens with zero attached hydrogens (tertiary/aromatic N) is 2. The highest BCUT2D eigenvalue weighted by molar-refractivity contribution is 7.18. The van der Waals surface area contributed by atoms with Crippen LogP contribution >= 0.6 is 11.3 Å². The summed E-state index contributed by atoms with van der Waals surface area (Å²) in [6.07, 6.45) is 1.61. The molecule has 1 atom stereocenters. The highest BCUT2D eigenvalue weighted by Crippen LogP contribution is 2.36. The van der Waals surface area contributed by atoms with Gasteiger partial charge in [0.1, 0.15) is 28.5 Å². The Hall–Kier alpha value is -2.34. The van der Waals surface area contributed by atoms with Crippen LogP contribution in [0.2, 0.25) is 0 Å². The van der Waals surface area contributed by atoms with Crippen LogP contribution in [0.15, 0.2) is 24.5 Å². The molecule has 1 N–H and O–H groups in total. The zero-order valence-electron chi connectivity index (χ0n) is 14.5. The van der Waals surface area contributed by atoms with Crippen molar-refractivity contribution in [1.82, 2.24) is 9.97 Å². The lowest BCUT2D eigenvalue weighted by molar-refractivity contribution is 0.397. The Bertz CT molecular complexity index is 876. The molecule has 0 amide bonds. The fourth-order valence-corrected chi connectivity index (χ4v) is 3.75. The van der Waals surface area contributed by atoms with Gasteiger partial charge in [0.2, 0.25) is 0 Å². The lowest BCUT2D eigenvalue weighted by Gasteiger charge is -2.19. The summed E-state index contributed by atoms with van der Waals surface area (Å²) in [5.41, 5.74) is 2.25. The standard InChI is InChI=1S/C18H21N3O2S/c1-10-12(3)24-18-16(10)17(19-9-20-18)21-11(2)14-8-13(22-4)6-7-15(14)23-5/h6-9,11H,1-5H3,(H,19,20,21)/t11-/m1/s1. The topological polar surface area (TPSA) is 56.3 Å². The molecule has 24 heavy (non-hydrogen) atoms. The maximum Gasteiger partial charge on any atom is 0.138 e. The van der Waals surface area contributed by atoms with Gasteiger partial charge in [0.15, 0.2) is 0 Å². The number of hydrogen-bond donors (Lipinski definition) is 1. The van der Waals surface area contributed by atoms with E-state index in [2.05, 4.69) is 36.1 Å². The Balaban J connectivity index is 2.00. The van der Waals surface area contributed by atoms with Gasteiger partial charge >= 0.3 is 0 Å². The van der Waals surface area contributed by atoms with Crippen LogP contribution in [0, 0.1) is 13.8 Å². The number of thiophene rings is 1. The third-order valence-electron chi connectivity index (χ3n) is 4.22. The summed E-state index contributed by atoms with van der Waals surface area (Å²) in [6, 6.07) is 5.81. The Morgan fingerprint density at radius 2 is 1.92 bits per heavy atom. The molecule has 3 aromatic rings. The first-order valence-electron chi connectivity index (χ1n) is 7.74. The molecule has 5 nitrogen and oxygen atoms in total. The van der Waals surface area contributed by atoms with Gasteiger partial charge in [-0.05, 0) is 44.5 Å². The minimum atomic E-state index is 0.00718. The molecule has 2 heterocycles.